The van der Waals surface area contributed by atoms with Gasteiger partial charge in [-0.25, -0.2) is 13.2 Å². The lowest BCUT2D eigenvalue weighted by atomic mass is 10.1. The Balaban J connectivity index is 1.56. The molecule has 3 rings (SSSR count). The van der Waals surface area contributed by atoms with Crippen LogP contribution in [0.4, 0.5) is 5.69 Å². The van der Waals surface area contributed by atoms with Crippen LogP contribution >= 0.6 is 0 Å². The van der Waals surface area contributed by atoms with E-state index in [0.29, 0.717) is 37.6 Å². The summed E-state index contributed by atoms with van der Waals surface area (Å²) in [6.07, 6.45) is 0. The highest BCUT2D eigenvalue weighted by Crippen LogP contribution is 2.19. The third kappa shape index (κ3) is 5.20. The van der Waals surface area contributed by atoms with Gasteiger partial charge in [0.2, 0.25) is 10.0 Å². The molecule has 0 spiro atoms. The predicted molar refractivity (Wildman–Crippen MR) is 106 cm³/mol. The van der Waals surface area contributed by atoms with Gasteiger partial charge < -0.3 is 14.8 Å². The van der Waals surface area contributed by atoms with Crippen LogP contribution in [0.3, 0.4) is 0 Å². The van der Waals surface area contributed by atoms with E-state index in [0.717, 1.165) is 5.56 Å². The summed E-state index contributed by atoms with van der Waals surface area (Å²) in [5, 5.41) is 2.58. The van der Waals surface area contributed by atoms with E-state index < -0.39 is 28.5 Å². The zero-order chi connectivity index (χ0) is 20.9. The summed E-state index contributed by atoms with van der Waals surface area (Å²) in [7, 11) is -3.59. The predicted octanol–water partition coefficient (Wildman–Crippen LogP) is 1.81. The lowest BCUT2D eigenvalue weighted by Gasteiger charge is -2.26. The number of nitrogens with one attached hydrogen (secondary N) is 1. The molecule has 2 aromatic rings. The summed E-state index contributed by atoms with van der Waals surface area (Å²) in [5.41, 5.74) is 1.57. The maximum absolute atomic E-state index is 12.6. The number of anilines is 1. The molecule has 154 valence electrons. The summed E-state index contributed by atoms with van der Waals surface area (Å²) >= 11 is 0. The van der Waals surface area contributed by atoms with Crippen molar-refractivity contribution in [2.24, 2.45) is 0 Å². The van der Waals surface area contributed by atoms with Gasteiger partial charge in [-0.15, -0.1) is 0 Å². The van der Waals surface area contributed by atoms with Gasteiger partial charge in [-0.05, 0) is 42.8 Å². The highest BCUT2D eigenvalue weighted by molar-refractivity contribution is 7.89. The van der Waals surface area contributed by atoms with E-state index >= 15 is 0 Å². The number of carbonyl (C=O) groups excluding carboxylic acids is 2. The van der Waals surface area contributed by atoms with Gasteiger partial charge in [0.15, 0.2) is 6.61 Å². The van der Waals surface area contributed by atoms with Crippen LogP contribution in [0.15, 0.2) is 53.4 Å². The normalized spacial score (nSPS) is 14.9. The minimum Gasteiger partial charge on any atom is -0.452 e. The number of hydrogen-bond donors (Lipinski definition) is 1. The van der Waals surface area contributed by atoms with Crippen molar-refractivity contribution in [3.63, 3.8) is 0 Å². The molecule has 1 heterocycles. The van der Waals surface area contributed by atoms with Crippen molar-refractivity contribution >= 4 is 27.6 Å². The minimum atomic E-state index is -3.59. The highest BCUT2D eigenvalue weighted by atomic mass is 32.2. The number of morpholine rings is 1. The molecule has 0 bridgehead atoms. The molecule has 0 saturated carbocycles. The largest absolute Gasteiger partial charge is 0.452 e. The fourth-order valence-corrected chi connectivity index (χ4v) is 4.26. The van der Waals surface area contributed by atoms with Gasteiger partial charge in [0.1, 0.15) is 0 Å². The molecule has 1 aliphatic rings. The lowest BCUT2D eigenvalue weighted by molar-refractivity contribution is -0.119. The van der Waals surface area contributed by atoms with Crippen LogP contribution in [0.5, 0.6) is 0 Å². The van der Waals surface area contributed by atoms with Crippen LogP contribution < -0.4 is 5.32 Å². The number of nitrogens with zero attached hydrogens (tertiary/aromatic N) is 1. The van der Waals surface area contributed by atoms with E-state index in [1.54, 1.807) is 25.1 Å². The number of ether oxygens (including phenoxy) is 2. The quantitative estimate of drug-likeness (QED) is 0.718. The number of sulfonamides is 1. The zero-order valence-electron chi connectivity index (χ0n) is 16.0. The maximum atomic E-state index is 12.6. The summed E-state index contributed by atoms with van der Waals surface area (Å²) in [4.78, 5) is 24.2. The first-order valence-electron chi connectivity index (χ1n) is 9.08. The van der Waals surface area contributed by atoms with E-state index in [1.165, 1.54) is 28.6 Å². The van der Waals surface area contributed by atoms with Crippen LogP contribution in [-0.4, -0.2) is 57.5 Å². The molecule has 8 nitrogen and oxygen atoms in total. The summed E-state index contributed by atoms with van der Waals surface area (Å²) in [5.74, 6) is -1.10. The third-order valence-electron chi connectivity index (χ3n) is 4.45. The fraction of sp³-hybridized carbons (Fsp3) is 0.300. The Hall–Kier alpha value is -2.75. The number of rotatable bonds is 6. The molecule has 29 heavy (non-hydrogen) atoms. The fourth-order valence-electron chi connectivity index (χ4n) is 2.85. The van der Waals surface area contributed by atoms with Crippen molar-refractivity contribution in [3.8, 4) is 0 Å². The van der Waals surface area contributed by atoms with Crippen molar-refractivity contribution in [1.29, 1.82) is 0 Å². The van der Waals surface area contributed by atoms with Gasteiger partial charge in [-0.1, -0.05) is 18.2 Å². The van der Waals surface area contributed by atoms with Crippen LogP contribution in [0.25, 0.3) is 0 Å². The van der Waals surface area contributed by atoms with E-state index in [1.807, 2.05) is 6.07 Å². The maximum Gasteiger partial charge on any atom is 0.338 e. The first kappa shape index (κ1) is 21.0. The number of esters is 1. The van der Waals surface area contributed by atoms with E-state index in [4.69, 9.17) is 9.47 Å². The van der Waals surface area contributed by atoms with E-state index in [9.17, 15) is 18.0 Å². The second-order valence-corrected chi connectivity index (χ2v) is 8.42. The zero-order valence-corrected chi connectivity index (χ0v) is 16.8. The summed E-state index contributed by atoms with van der Waals surface area (Å²) in [6.45, 7) is 2.70. The molecule has 1 saturated heterocycles. The van der Waals surface area contributed by atoms with Gasteiger partial charge in [0.05, 0.1) is 23.7 Å². The number of hydrogen-bond acceptors (Lipinski definition) is 6. The molecule has 0 unspecified atom stereocenters. The topological polar surface area (TPSA) is 102 Å². The van der Waals surface area contributed by atoms with Crippen molar-refractivity contribution in [2.45, 2.75) is 11.8 Å². The van der Waals surface area contributed by atoms with Crippen LogP contribution in [0.2, 0.25) is 0 Å². The molecule has 9 heteroatoms. The second kappa shape index (κ2) is 9.17. The SMILES string of the molecule is Cc1ccccc1C(=O)OCC(=O)Nc1ccc(S(=O)(=O)N2CCOCC2)cc1. The van der Waals surface area contributed by atoms with E-state index in [-0.39, 0.29) is 4.90 Å². The Bertz CT molecular complexity index is 982. The number of benzene rings is 2. The lowest BCUT2D eigenvalue weighted by Crippen LogP contribution is -2.40. The Labute approximate surface area is 169 Å². The molecule has 2 aromatic carbocycles. The first-order valence-corrected chi connectivity index (χ1v) is 10.5. The average molecular weight is 418 g/mol. The molecule has 0 aromatic heterocycles. The Kier molecular flexibility index (Phi) is 6.63. The van der Waals surface area contributed by atoms with Gasteiger partial charge in [0, 0.05) is 18.8 Å². The Morgan fingerprint density at radius 3 is 2.38 bits per heavy atom. The third-order valence-corrected chi connectivity index (χ3v) is 6.36. The standard InChI is InChI=1S/C20H22N2O6S/c1-15-4-2-3-5-18(15)20(24)28-14-19(23)21-16-6-8-17(9-7-16)29(25,26)22-10-12-27-13-11-22/h2-9H,10-14H2,1H3,(H,21,23). The van der Waals surface area contributed by atoms with Crippen LogP contribution in [-0.2, 0) is 24.3 Å². The van der Waals surface area contributed by atoms with Gasteiger partial charge in [-0.2, -0.15) is 4.31 Å². The Morgan fingerprint density at radius 1 is 1.07 bits per heavy atom. The number of carbonyl (C=O) groups is 2. The van der Waals surface area contributed by atoms with Crippen LogP contribution in [0, 0.1) is 6.92 Å². The molecule has 1 aliphatic heterocycles. The minimum absolute atomic E-state index is 0.142. The molecular weight excluding hydrogens is 396 g/mol. The smallest absolute Gasteiger partial charge is 0.338 e. The summed E-state index contributed by atoms with van der Waals surface area (Å²) < 4.78 is 36.8. The van der Waals surface area contributed by atoms with Gasteiger partial charge >= 0.3 is 5.97 Å². The van der Waals surface area contributed by atoms with Crippen molar-refractivity contribution in [1.82, 2.24) is 4.31 Å². The number of amides is 1. The summed E-state index contributed by atoms with van der Waals surface area (Å²) in [6, 6.07) is 12.8. The molecule has 1 N–H and O–H groups in total. The van der Waals surface area contributed by atoms with Gasteiger partial charge in [-0.3, -0.25) is 4.79 Å². The van der Waals surface area contributed by atoms with Gasteiger partial charge in [0.25, 0.3) is 5.91 Å². The van der Waals surface area contributed by atoms with E-state index in [2.05, 4.69) is 5.32 Å². The highest BCUT2D eigenvalue weighted by Gasteiger charge is 2.26. The number of aryl methyl sites for hydroxylation is 1. The molecule has 0 radical (unpaired) electrons. The monoisotopic (exact) mass is 418 g/mol. The molecule has 0 aliphatic carbocycles. The molecular formula is C20H22N2O6S. The van der Waals surface area contributed by atoms with Crippen molar-refractivity contribution < 1.29 is 27.5 Å². The molecule has 0 atom stereocenters. The molecule has 1 fully saturated rings. The van der Waals surface area contributed by atoms with Crippen molar-refractivity contribution in [3.05, 3.63) is 59.7 Å². The molecule has 1 amide bonds. The Morgan fingerprint density at radius 2 is 1.72 bits per heavy atom. The van der Waals surface area contributed by atoms with Crippen LogP contribution in [0.1, 0.15) is 15.9 Å². The second-order valence-electron chi connectivity index (χ2n) is 6.48. The average Bonchev–Trinajstić information content (AvgIpc) is 2.73. The van der Waals surface area contributed by atoms with Crippen molar-refractivity contribution in [2.75, 3.05) is 38.2 Å². The first-order chi connectivity index (χ1) is 13.9.